The Morgan fingerprint density at radius 2 is 1.94 bits per heavy atom. The second-order valence-electron chi connectivity index (χ2n) is 2.97. The van der Waals surface area contributed by atoms with Crippen molar-refractivity contribution in [1.82, 2.24) is 0 Å². The van der Waals surface area contributed by atoms with Crippen molar-refractivity contribution >= 4 is 21.2 Å². The fourth-order valence-corrected chi connectivity index (χ4v) is 1.91. The van der Waals surface area contributed by atoms with E-state index in [1.807, 2.05) is 0 Å². The molecule has 0 amide bonds. The van der Waals surface area contributed by atoms with Crippen LogP contribution in [0.15, 0.2) is 23.1 Å². The summed E-state index contributed by atoms with van der Waals surface area (Å²) in [5, 5.41) is 27.5. The molecular formula is C7H8N2O6S. The molecule has 1 rings (SSSR count). The van der Waals surface area contributed by atoms with Crippen LogP contribution in [0.4, 0.5) is 11.4 Å². The van der Waals surface area contributed by atoms with Gasteiger partial charge in [-0.3, -0.25) is 20.5 Å². The van der Waals surface area contributed by atoms with Crippen LogP contribution in [0.2, 0.25) is 0 Å². The van der Waals surface area contributed by atoms with Crippen LogP contribution in [0.25, 0.3) is 0 Å². The van der Waals surface area contributed by atoms with Crippen molar-refractivity contribution in [1.29, 1.82) is 0 Å². The number of nitro benzene ring substituents is 1. The van der Waals surface area contributed by atoms with Crippen LogP contribution in [0.1, 0.15) is 0 Å². The minimum absolute atomic E-state index is 0.306. The topological polar surface area (TPSA) is 121 Å². The van der Waals surface area contributed by atoms with E-state index in [1.165, 1.54) is 0 Å². The molecule has 0 aliphatic carbocycles. The van der Waals surface area contributed by atoms with Crippen molar-refractivity contribution in [3.8, 4) is 0 Å². The minimum atomic E-state index is -3.74. The molecule has 88 valence electrons. The second-order valence-corrected chi connectivity index (χ2v) is 4.95. The standard InChI is InChI=1S/C7H8N2O6S/c1-16(14,15)7-3-2-5(8(10)11)4-6(7)9(12)13/h2-4,10-11H,1H3. The van der Waals surface area contributed by atoms with Crippen LogP contribution >= 0.6 is 0 Å². The van der Waals surface area contributed by atoms with Crippen molar-refractivity contribution in [2.75, 3.05) is 11.5 Å². The number of sulfone groups is 1. The quantitative estimate of drug-likeness (QED) is 0.592. The van der Waals surface area contributed by atoms with Crippen molar-refractivity contribution < 1.29 is 23.8 Å². The van der Waals surface area contributed by atoms with Gasteiger partial charge < -0.3 is 0 Å². The molecule has 1 aromatic carbocycles. The van der Waals surface area contributed by atoms with Gasteiger partial charge in [-0.15, -0.1) is 5.23 Å². The third-order valence-electron chi connectivity index (χ3n) is 1.77. The molecule has 0 spiro atoms. The van der Waals surface area contributed by atoms with Gasteiger partial charge in [0.2, 0.25) is 0 Å². The van der Waals surface area contributed by atoms with Crippen LogP contribution in [0.5, 0.6) is 0 Å². The molecule has 0 atom stereocenters. The molecule has 8 nitrogen and oxygen atoms in total. The number of hydrogen-bond donors (Lipinski definition) is 2. The zero-order chi connectivity index (χ0) is 12.5. The smallest absolute Gasteiger partial charge is 0.264 e. The molecule has 0 fully saturated rings. The summed E-state index contributed by atoms with van der Waals surface area (Å²) in [6.07, 6.45) is 0.824. The van der Waals surface area contributed by atoms with E-state index in [1.54, 1.807) is 0 Å². The van der Waals surface area contributed by atoms with Gasteiger partial charge in [0.1, 0.15) is 10.6 Å². The van der Waals surface area contributed by atoms with Gasteiger partial charge in [-0.25, -0.2) is 8.42 Å². The zero-order valence-electron chi connectivity index (χ0n) is 8.06. The summed E-state index contributed by atoms with van der Waals surface area (Å²) in [5.41, 5.74) is -1.02. The molecular weight excluding hydrogens is 240 g/mol. The maximum atomic E-state index is 11.2. The lowest BCUT2D eigenvalue weighted by molar-refractivity contribution is -0.387. The lowest BCUT2D eigenvalue weighted by Crippen LogP contribution is -2.12. The van der Waals surface area contributed by atoms with Crippen LogP contribution in [-0.4, -0.2) is 30.0 Å². The maximum absolute atomic E-state index is 11.2. The molecule has 0 saturated carbocycles. The van der Waals surface area contributed by atoms with Gasteiger partial charge in [0.05, 0.1) is 4.92 Å². The van der Waals surface area contributed by atoms with E-state index in [2.05, 4.69) is 0 Å². The van der Waals surface area contributed by atoms with Gasteiger partial charge in [-0.1, -0.05) is 0 Å². The Balaban J connectivity index is 3.49. The molecule has 1 aromatic rings. The zero-order valence-corrected chi connectivity index (χ0v) is 8.88. The third-order valence-corrected chi connectivity index (χ3v) is 2.91. The number of nitrogens with zero attached hydrogens (tertiary/aromatic N) is 2. The molecule has 0 aromatic heterocycles. The summed E-state index contributed by atoms with van der Waals surface area (Å²) in [7, 11) is -3.74. The highest BCUT2D eigenvalue weighted by molar-refractivity contribution is 7.90. The van der Waals surface area contributed by atoms with E-state index in [0.29, 0.717) is 0 Å². The van der Waals surface area contributed by atoms with Crippen LogP contribution in [0, 0.1) is 10.1 Å². The van der Waals surface area contributed by atoms with Gasteiger partial charge in [-0.05, 0) is 12.1 Å². The molecule has 0 aliphatic rings. The first kappa shape index (κ1) is 12.4. The fourth-order valence-electron chi connectivity index (χ4n) is 1.09. The van der Waals surface area contributed by atoms with Gasteiger partial charge in [0.15, 0.2) is 9.84 Å². The SMILES string of the molecule is CS(=O)(=O)c1ccc(N(O)O)cc1[N+](=O)[O-]. The van der Waals surface area contributed by atoms with Crippen LogP contribution < -0.4 is 5.23 Å². The van der Waals surface area contributed by atoms with Gasteiger partial charge >= 0.3 is 0 Å². The molecule has 0 unspecified atom stereocenters. The van der Waals surface area contributed by atoms with Crippen LogP contribution in [-0.2, 0) is 9.84 Å². The van der Waals surface area contributed by atoms with Gasteiger partial charge in [0.25, 0.3) is 5.69 Å². The lowest BCUT2D eigenvalue weighted by atomic mass is 10.3. The Labute approximate surface area is 90.3 Å². The first-order valence-corrected chi connectivity index (χ1v) is 5.79. The number of hydrogen-bond acceptors (Lipinski definition) is 7. The van der Waals surface area contributed by atoms with Crippen molar-refractivity contribution in [3.05, 3.63) is 28.3 Å². The number of anilines is 1. The summed E-state index contributed by atoms with van der Waals surface area (Å²) in [5.74, 6) is 0. The molecule has 0 aliphatic heterocycles. The second kappa shape index (κ2) is 4.04. The Kier molecular flexibility index (Phi) is 3.12. The van der Waals surface area contributed by atoms with Crippen LogP contribution in [0.3, 0.4) is 0 Å². The Bertz CT molecular complexity index is 524. The third kappa shape index (κ3) is 2.45. The molecule has 0 bridgehead atoms. The molecule has 2 N–H and O–H groups in total. The first-order chi connectivity index (χ1) is 7.23. The van der Waals surface area contributed by atoms with E-state index < -0.39 is 25.3 Å². The summed E-state index contributed by atoms with van der Waals surface area (Å²) in [4.78, 5) is 9.21. The first-order valence-electron chi connectivity index (χ1n) is 3.90. The molecule has 0 saturated heterocycles. The van der Waals surface area contributed by atoms with Crippen molar-refractivity contribution in [2.45, 2.75) is 4.90 Å². The number of rotatable bonds is 3. The normalized spacial score (nSPS) is 11.2. The fraction of sp³-hybridized carbons (Fsp3) is 0.143. The monoisotopic (exact) mass is 248 g/mol. The average molecular weight is 248 g/mol. The van der Waals surface area contributed by atoms with E-state index in [-0.39, 0.29) is 10.9 Å². The predicted octanol–water partition coefficient (Wildman–Crippen LogP) is 0.583. The number of nitro groups is 1. The van der Waals surface area contributed by atoms with Gasteiger partial charge in [0, 0.05) is 12.3 Å². The number of benzene rings is 1. The summed E-state index contributed by atoms with van der Waals surface area (Å²) in [6, 6.07) is 2.71. The summed E-state index contributed by atoms with van der Waals surface area (Å²) >= 11 is 0. The summed E-state index contributed by atoms with van der Waals surface area (Å²) in [6.45, 7) is 0. The Morgan fingerprint density at radius 1 is 1.38 bits per heavy atom. The van der Waals surface area contributed by atoms with E-state index in [4.69, 9.17) is 10.4 Å². The van der Waals surface area contributed by atoms with E-state index in [9.17, 15) is 18.5 Å². The largest absolute Gasteiger partial charge is 0.290 e. The van der Waals surface area contributed by atoms with Crippen molar-refractivity contribution in [3.63, 3.8) is 0 Å². The molecule has 9 heteroatoms. The molecule has 0 radical (unpaired) electrons. The summed E-state index contributed by atoms with van der Waals surface area (Å²) < 4.78 is 22.4. The molecule has 16 heavy (non-hydrogen) atoms. The molecule has 0 heterocycles. The lowest BCUT2D eigenvalue weighted by Gasteiger charge is -2.08. The highest BCUT2D eigenvalue weighted by Gasteiger charge is 2.23. The average Bonchev–Trinajstić information content (AvgIpc) is 2.15. The predicted molar refractivity (Wildman–Crippen MR) is 52.3 cm³/mol. The highest BCUT2D eigenvalue weighted by Crippen LogP contribution is 2.27. The highest BCUT2D eigenvalue weighted by atomic mass is 32.2. The van der Waals surface area contributed by atoms with E-state index in [0.717, 1.165) is 24.5 Å². The van der Waals surface area contributed by atoms with Gasteiger partial charge in [-0.2, -0.15) is 0 Å². The van der Waals surface area contributed by atoms with E-state index >= 15 is 0 Å². The Hall–Kier alpha value is -1.71. The minimum Gasteiger partial charge on any atom is -0.264 e. The maximum Gasteiger partial charge on any atom is 0.290 e. The van der Waals surface area contributed by atoms with Crippen molar-refractivity contribution in [2.24, 2.45) is 0 Å². The Morgan fingerprint density at radius 3 is 2.31 bits per heavy atom.